The highest BCUT2D eigenvalue weighted by molar-refractivity contribution is 7.09. The highest BCUT2D eigenvalue weighted by Crippen LogP contribution is 2.10. The molecule has 0 aromatic carbocycles. The lowest BCUT2D eigenvalue weighted by molar-refractivity contribution is 0.486. The van der Waals surface area contributed by atoms with Crippen molar-refractivity contribution in [1.29, 1.82) is 0 Å². The molecule has 1 N–H and O–H groups in total. The van der Waals surface area contributed by atoms with Crippen LogP contribution in [0.1, 0.15) is 16.1 Å². The maximum Gasteiger partial charge on any atom is 0.193 e. The molecule has 126 valence electrons. The lowest BCUT2D eigenvalue weighted by atomic mass is 10.3. The van der Waals surface area contributed by atoms with Crippen LogP contribution in [0.25, 0.3) is 5.65 Å². The number of aryl methyl sites for hydroxylation is 1. The Morgan fingerprint density at radius 1 is 1.42 bits per heavy atom. The average Bonchev–Trinajstić information content (AvgIpc) is 3.22. The topological polar surface area (TPSA) is 44.9 Å². The van der Waals surface area contributed by atoms with Gasteiger partial charge in [-0.1, -0.05) is 6.07 Å². The van der Waals surface area contributed by atoms with Crippen molar-refractivity contribution in [1.82, 2.24) is 19.6 Å². The SMILES string of the molecule is CN=C(NCc1cn2ccc(C)cc2n1)N(C)CCc1cccs1. The number of pyridine rings is 1. The fourth-order valence-corrected chi connectivity index (χ4v) is 3.31. The Hall–Kier alpha value is -2.34. The van der Waals surface area contributed by atoms with Crippen LogP contribution < -0.4 is 5.32 Å². The van der Waals surface area contributed by atoms with Gasteiger partial charge in [0.15, 0.2) is 5.96 Å². The molecule has 0 unspecified atom stereocenters. The summed E-state index contributed by atoms with van der Waals surface area (Å²) in [6.07, 6.45) is 5.13. The molecule has 0 atom stereocenters. The quantitative estimate of drug-likeness (QED) is 0.573. The summed E-state index contributed by atoms with van der Waals surface area (Å²) < 4.78 is 2.05. The minimum Gasteiger partial charge on any atom is -0.351 e. The van der Waals surface area contributed by atoms with Crippen molar-refractivity contribution in [2.75, 3.05) is 20.6 Å². The van der Waals surface area contributed by atoms with Gasteiger partial charge < -0.3 is 14.6 Å². The van der Waals surface area contributed by atoms with Crippen molar-refractivity contribution >= 4 is 22.9 Å². The van der Waals surface area contributed by atoms with Crippen LogP contribution in [0.15, 0.2) is 47.0 Å². The fraction of sp³-hybridized carbons (Fsp3) is 0.333. The molecule has 0 bridgehead atoms. The summed E-state index contributed by atoms with van der Waals surface area (Å²) in [6, 6.07) is 8.44. The van der Waals surface area contributed by atoms with E-state index in [0.29, 0.717) is 6.54 Å². The molecule has 5 nitrogen and oxygen atoms in total. The van der Waals surface area contributed by atoms with Gasteiger partial charge in [-0.2, -0.15) is 0 Å². The summed E-state index contributed by atoms with van der Waals surface area (Å²) in [7, 11) is 3.88. The van der Waals surface area contributed by atoms with Gasteiger partial charge >= 0.3 is 0 Å². The van der Waals surface area contributed by atoms with E-state index in [4.69, 9.17) is 0 Å². The van der Waals surface area contributed by atoms with Crippen LogP contribution in [0.2, 0.25) is 0 Å². The predicted molar refractivity (Wildman–Crippen MR) is 101 cm³/mol. The summed E-state index contributed by atoms with van der Waals surface area (Å²) in [5.74, 6) is 0.889. The number of likely N-dealkylation sites (N-methyl/N-ethyl adjacent to an activating group) is 1. The Morgan fingerprint density at radius 3 is 3.04 bits per heavy atom. The molecular weight excluding hydrogens is 318 g/mol. The third-order valence-corrected chi connectivity index (χ3v) is 4.88. The first-order valence-corrected chi connectivity index (χ1v) is 8.92. The van der Waals surface area contributed by atoms with Gasteiger partial charge in [0.25, 0.3) is 0 Å². The van der Waals surface area contributed by atoms with Gasteiger partial charge in [0, 0.05) is 37.9 Å². The lowest BCUT2D eigenvalue weighted by Gasteiger charge is -2.21. The Morgan fingerprint density at radius 2 is 2.29 bits per heavy atom. The Labute approximate surface area is 146 Å². The van der Waals surface area contributed by atoms with Gasteiger partial charge in [-0.3, -0.25) is 4.99 Å². The van der Waals surface area contributed by atoms with Gasteiger partial charge in [0.1, 0.15) is 5.65 Å². The molecule has 0 saturated carbocycles. The molecule has 0 spiro atoms. The Bertz CT molecular complexity index is 819. The predicted octanol–water partition coefficient (Wildman–Crippen LogP) is 2.95. The highest BCUT2D eigenvalue weighted by atomic mass is 32.1. The lowest BCUT2D eigenvalue weighted by Crippen LogP contribution is -2.39. The number of hydrogen-bond donors (Lipinski definition) is 1. The molecule has 3 aromatic rings. The number of thiophene rings is 1. The van der Waals surface area contributed by atoms with Gasteiger partial charge in [-0.05, 0) is 42.5 Å². The van der Waals surface area contributed by atoms with Gasteiger partial charge in [-0.15, -0.1) is 11.3 Å². The minimum absolute atomic E-state index is 0.663. The molecule has 3 rings (SSSR count). The number of aromatic nitrogens is 2. The van der Waals surface area contributed by atoms with E-state index in [1.165, 1.54) is 10.4 Å². The molecule has 3 aromatic heterocycles. The first-order valence-electron chi connectivity index (χ1n) is 8.04. The zero-order valence-corrected chi connectivity index (χ0v) is 15.2. The number of aliphatic imine (C=N–C) groups is 1. The fourth-order valence-electron chi connectivity index (χ4n) is 2.61. The van der Waals surface area contributed by atoms with Crippen LogP contribution in [0.4, 0.5) is 0 Å². The Balaban J connectivity index is 1.58. The first kappa shape index (κ1) is 16.5. The zero-order chi connectivity index (χ0) is 16.9. The zero-order valence-electron chi connectivity index (χ0n) is 14.4. The molecular formula is C18H23N5S. The Kier molecular flexibility index (Phi) is 5.15. The number of rotatable bonds is 5. The summed E-state index contributed by atoms with van der Waals surface area (Å²) in [6.45, 7) is 3.68. The van der Waals surface area contributed by atoms with Crippen molar-refractivity contribution in [3.8, 4) is 0 Å². The molecule has 0 amide bonds. The number of hydrogen-bond acceptors (Lipinski definition) is 3. The molecule has 0 aliphatic rings. The second-order valence-corrected chi connectivity index (χ2v) is 6.89. The van der Waals surface area contributed by atoms with Crippen LogP contribution in [-0.4, -0.2) is 40.9 Å². The summed E-state index contributed by atoms with van der Waals surface area (Å²) in [4.78, 5) is 12.6. The van der Waals surface area contributed by atoms with Gasteiger partial charge in [-0.25, -0.2) is 4.98 Å². The third-order valence-electron chi connectivity index (χ3n) is 3.94. The molecule has 0 aliphatic carbocycles. The summed E-state index contributed by atoms with van der Waals surface area (Å²) in [5.41, 5.74) is 3.21. The largest absolute Gasteiger partial charge is 0.351 e. The van der Waals surface area contributed by atoms with E-state index in [0.717, 1.165) is 30.3 Å². The van der Waals surface area contributed by atoms with Gasteiger partial charge in [0.05, 0.1) is 12.2 Å². The van der Waals surface area contributed by atoms with E-state index < -0.39 is 0 Å². The summed E-state index contributed by atoms with van der Waals surface area (Å²) in [5, 5.41) is 5.51. The number of fused-ring (bicyclic) bond motifs is 1. The monoisotopic (exact) mass is 341 g/mol. The standard InChI is InChI=1S/C18H23N5S/c1-14-6-9-23-13-15(21-17(23)11-14)12-20-18(19-2)22(3)8-7-16-5-4-10-24-16/h4-6,9-11,13H,7-8,12H2,1-3H3,(H,19,20). The van der Waals surface area contributed by atoms with Crippen LogP contribution >= 0.6 is 11.3 Å². The average molecular weight is 341 g/mol. The van der Waals surface area contributed by atoms with Crippen LogP contribution in [0.3, 0.4) is 0 Å². The van der Waals surface area contributed by atoms with Crippen molar-refractivity contribution in [2.24, 2.45) is 4.99 Å². The van der Waals surface area contributed by atoms with E-state index >= 15 is 0 Å². The molecule has 0 radical (unpaired) electrons. The van der Waals surface area contributed by atoms with E-state index in [1.54, 1.807) is 11.3 Å². The molecule has 3 heterocycles. The van der Waals surface area contributed by atoms with Crippen molar-refractivity contribution in [3.05, 3.63) is 58.2 Å². The molecule has 6 heteroatoms. The number of imidazole rings is 1. The maximum absolute atomic E-state index is 4.65. The minimum atomic E-state index is 0.663. The number of nitrogens with one attached hydrogen (secondary N) is 1. The molecule has 0 fully saturated rings. The van der Waals surface area contributed by atoms with E-state index in [9.17, 15) is 0 Å². The number of guanidine groups is 1. The van der Waals surface area contributed by atoms with Crippen LogP contribution in [0.5, 0.6) is 0 Å². The van der Waals surface area contributed by atoms with Crippen molar-refractivity contribution in [3.63, 3.8) is 0 Å². The first-order chi connectivity index (χ1) is 11.7. The van der Waals surface area contributed by atoms with E-state index in [1.807, 2.05) is 17.6 Å². The van der Waals surface area contributed by atoms with Gasteiger partial charge in [0.2, 0.25) is 0 Å². The second kappa shape index (κ2) is 7.49. The van der Waals surface area contributed by atoms with Crippen molar-refractivity contribution in [2.45, 2.75) is 19.9 Å². The molecule has 0 saturated heterocycles. The van der Waals surface area contributed by atoms with E-state index in [-0.39, 0.29) is 0 Å². The molecule has 0 aliphatic heterocycles. The normalized spacial score (nSPS) is 11.9. The summed E-state index contributed by atoms with van der Waals surface area (Å²) >= 11 is 1.80. The van der Waals surface area contributed by atoms with Crippen LogP contribution in [-0.2, 0) is 13.0 Å². The van der Waals surface area contributed by atoms with Crippen LogP contribution in [0, 0.1) is 6.92 Å². The van der Waals surface area contributed by atoms with Crippen molar-refractivity contribution < 1.29 is 0 Å². The smallest absolute Gasteiger partial charge is 0.193 e. The third kappa shape index (κ3) is 3.94. The maximum atomic E-state index is 4.65. The second-order valence-electron chi connectivity index (χ2n) is 5.85. The molecule has 24 heavy (non-hydrogen) atoms. The highest BCUT2D eigenvalue weighted by Gasteiger charge is 2.08. The van der Waals surface area contributed by atoms with E-state index in [2.05, 4.69) is 70.0 Å². The number of nitrogens with zero attached hydrogens (tertiary/aromatic N) is 4.